The molecule has 11 heteroatoms. The lowest BCUT2D eigenvalue weighted by Gasteiger charge is -2.44. The number of carbonyl (C=O) groups excluding carboxylic acids is 1. The van der Waals surface area contributed by atoms with E-state index >= 15 is 0 Å². The number of alkyl halides is 4. The zero-order chi connectivity index (χ0) is 27.5. The van der Waals surface area contributed by atoms with Gasteiger partial charge in [0.25, 0.3) is 0 Å². The maximum atomic E-state index is 14.8. The van der Waals surface area contributed by atoms with Crippen LogP contribution < -0.4 is 4.74 Å². The monoisotopic (exact) mass is 557 g/mol. The molecule has 2 aromatic carbocycles. The van der Waals surface area contributed by atoms with E-state index in [4.69, 9.17) is 4.74 Å². The molecular weight excluding hydrogens is 529 g/mol. The summed E-state index contributed by atoms with van der Waals surface area (Å²) in [6.07, 6.45) is -3.81. The summed E-state index contributed by atoms with van der Waals surface area (Å²) in [5, 5.41) is 0. The zero-order valence-electron chi connectivity index (χ0n) is 20.7. The van der Waals surface area contributed by atoms with Crippen LogP contribution in [0.5, 0.6) is 5.75 Å². The van der Waals surface area contributed by atoms with Crippen molar-refractivity contribution >= 4 is 15.7 Å². The fraction of sp³-hybridized carbons (Fsp3) is 0.519. The third-order valence-electron chi connectivity index (χ3n) is 8.42. The summed E-state index contributed by atoms with van der Waals surface area (Å²) in [7, 11) is -3.16. The molecule has 0 radical (unpaired) electrons. The lowest BCUT2D eigenvalue weighted by molar-refractivity contribution is -0.228. The normalized spacial score (nSPS) is 26.7. The second kappa shape index (κ2) is 9.20. The molecule has 3 aliphatic rings. The van der Waals surface area contributed by atoms with Gasteiger partial charge in [-0.15, -0.1) is 0 Å². The number of halogens is 5. The van der Waals surface area contributed by atoms with Crippen LogP contribution in [-0.4, -0.2) is 56.1 Å². The van der Waals surface area contributed by atoms with Crippen LogP contribution in [0.2, 0.25) is 0 Å². The van der Waals surface area contributed by atoms with E-state index < -0.39 is 50.4 Å². The van der Waals surface area contributed by atoms with E-state index in [0.29, 0.717) is 31.9 Å². The number of sulfone groups is 1. The average Bonchev–Trinajstić information content (AvgIpc) is 3.23. The Hall–Kier alpha value is -2.69. The minimum absolute atomic E-state index is 0.0105. The van der Waals surface area contributed by atoms with Crippen molar-refractivity contribution in [2.45, 2.75) is 55.9 Å². The quantitative estimate of drug-likeness (QED) is 0.504. The Morgan fingerprint density at radius 3 is 2.37 bits per heavy atom. The van der Waals surface area contributed by atoms with Crippen molar-refractivity contribution in [3.8, 4) is 5.75 Å². The van der Waals surface area contributed by atoms with E-state index in [2.05, 4.69) is 0 Å². The Kier molecular flexibility index (Phi) is 6.52. The van der Waals surface area contributed by atoms with Crippen molar-refractivity contribution in [1.82, 2.24) is 4.90 Å². The summed E-state index contributed by atoms with van der Waals surface area (Å²) < 4.78 is 98.2. The zero-order valence-corrected chi connectivity index (χ0v) is 21.5. The van der Waals surface area contributed by atoms with Crippen molar-refractivity contribution in [2.24, 2.45) is 5.92 Å². The molecule has 5 nitrogen and oxygen atoms in total. The Morgan fingerprint density at radius 2 is 1.74 bits per heavy atom. The molecular formula is C27H28F5NO4S. The third kappa shape index (κ3) is 4.56. The van der Waals surface area contributed by atoms with Crippen molar-refractivity contribution in [3.05, 3.63) is 65.0 Å². The molecule has 0 N–H and O–H groups in total. The van der Waals surface area contributed by atoms with Crippen LogP contribution in [0.4, 0.5) is 22.0 Å². The van der Waals surface area contributed by atoms with Crippen LogP contribution in [-0.2, 0) is 32.1 Å². The molecule has 2 fully saturated rings. The van der Waals surface area contributed by atoms with Crippen LogP contribution in [0, 0.1) is 11.7 Å². The van der Waals surface area contributed by atoms with Crippen molar-refractivity contribution in [3.63, 3.8) is 0 Å². The van der Waals surface area contributed by atoms with E-state index in [1.807, 2.05) is 0 Å². The predicted octanol–water partition coefficient (Wildman–Crippen LogP) is 4.87. The molecule has 3 unspecified atom stereocenters. The van der Waals surface area contributed by atoms with E-state index in [1.54, 1.807) is 17.0 Å². The Bertz CT molecular complexity index is 1330. The molecule has 1 amide bonds. The first-order chi connectivity index (χ1) is 17.7. The number of fused-ring (bicyclic) bond motifs is 3. The van der Waals surface area contributed by atoms with Gasteiger partial charge in [-0.1, -0.05) is 24.3 Å². The molecule has 38 heavy (non-hydrogen) atoms. The lowest BCUT2D eigenvalue weighted by atomic mass is 9.68. The van der Waals surface area contributed by atoms with Gasteiger partial charge in [0, 0.05) is 29.0 Å². The third-order valence-corrected chi connectivity index (χ3v) is 10.1. The first-order valence-electron chi connectivity index (χ1n) is 12.5. The van der Waals surface area contributed by atoms with Gasteiger partial charge in [-0.3, -0.25) is 4.79 Å². The van der Waals surface area contributed by atoms with Gasteiger partial charge in [0.1, 0.15) is 28.0 Å². The number of hydrogen-bond acceptors (Lipinski definition) is 4. The van der Waals surface area contributed by atoms with Gasteiger partial charge in [-0.25, -0.2) is 17.2 Å². The molecule has 0 aromatic heterocycles. The van der Waals surface area contributed by atoms with Crippen molar-refractivity contribution in [1.29, 1.82) is 0 Å². The van der Waals surface area contributed by atoms with Crippen LogP contribution in [0.3, 0.4) is 0 Å². The highest BCUT2D eigenvalue weighted by atomic mass is 32.2. The number of carbonyl (C=O) groups is 1. The lowest BCUT2D eigenvalue weighted by Crippen LogP contribution is -2.53. The molecule has 0 saturated carbocycles. The van der Waals surface area contributed by atoms with Crippen LogP contribution >= 0.6 is 0 Å². The molecule has 3 atom stereocenters. The standard InChI is InChI=1S/C27H28F5NO4S/c1-25(29,27(30,31)32)19-4-7-21-22(14-19)37-16-23-26(21,15-17-2-5-20(28)6-3-17)10-11-33(23)24(34)18-8-12-38(35,36)13-9-18/h2-7,14,18,23H,8-13,15-16H2,1H3. The highest BCUT2D eigenvalue weighted by Gasteiger charge is 2.57. The van der Waals surface area contributed by atoms with Crippen LogP contribution in [0.25, 0.3) is 0 Å². The topological polar surface area (TPSA) is 63.7 Å². The molecule has 2 aromatic rings. The average molecular weight is 558 g/mol. The fourth-order valence-corrected chi connectivity index (χ4v) is 7.58. The number of ether oxygens (including phenoxy) is 1. The smallest absolute Gasteiger partial charge is 0.426 e. The number of nitrogens with zero attached hydrogens (tertiary/aromatic N) is 1. The minimum atomic E-state index is -5.12. The Balaban J connectivity index is 1.53. The molecule has 206 valence electrons. The van der Waals surface area contributed by atoms with E-state index in [9.17, 15) is 35.2 Å². The first-order valence-corrected chi connectivity index (χ1v) is 14.3. The van der Waals surface area contributed by atoms with E-state index in [1.165, 1.54) is 18.2 Å². The summed E-state index contributed by atoms with van der Waals surface area (Å²) in [5.41, 5.74) is -3.57. The molecule has 0 aliphatic carbocycles. The van der Waals surface area contributed by atoms with Gasteiger partial charge >= 0.3 is 6.18 Å². The fourth-order valence-electron chi connectivity index (χ4n) is 6.09. The summed E-state index contributed by atoms with van der Waals surface area (Å²) >= 11 is 0. The second-order valence-electron chi connectivity index (χ2n) is 10.7. The van der Waals surface area contributed by atoms with Gasteiger partial charge in [-0.2, -0.15) is 13.2 Å². The summed E-state index contributed by atoms with van der Waals surface area (Å²) in [6, 6.07) is 9.07. The molecule has 3 heterocycles. The van der Waals surface area contributed by atoms with E-state index in [-0.39, 0.29) is 42.6 Å². The molecule has 2 saturated heterocycles. The number of hydrogen-bond donors (Lipinski definition) is 0. The first kappa shape index (κ1) is 26.9. The highest BCUT2D eigenvalue weighted by molar-refractivity contribution is 7.91. The molecule has 0 bridgehead atoms. The van der Waals surface area contributed by atoms with Gasteiger partial charge in [0.15, 0.2) is 0 Å². The van der Waals surface area contributed by atoms with Gasteiger partial charge in [0.2, 0.25) is 11.6 Å². The minimum Gasteiger partial charge on any atom is -0.491 e. The predicted molar refractivity (Wildman–Crippen MR) is 130 cm³/mol. The molecule has 5 rings (SSSR count). The van der Waals surface area contributed by atoms with Crippen molar-refractivity contribution < 1.29 is 39.9 Å². The largest absolute Gasteiger partial charge is 0.491 e. The van der Waals surface area contributed by atoms with Gasteiger partial charge in [-0.05, 0) is 56.4 Å². The SMILES string of the molecule is CC(F)(c1ccc2c(c1)OCC1N(C(=O)C3CCS(=O)(=O)CC3)CCC21Cc1ccc(F)cc1)C(F)(F)F. The highest BCUT2D eigenvalue weighted by Crippen LogP contribution is 2.52. The Morgan fingerprint density at radius 1 is 1.08 bits per heavy atom. The summed E-state index contributed by atoms with van der Waals surface area (Å²) in [4.78, 5) is 15.3. The van der Waals surface area contributed by atoms with Crippen LogP contribution in [0.1, 0.15) is 42.9 Å². The second-order valence-corrected chi connectivity index (χ2v) is 13.0. The van der Waals surface area contributed by atoms with Crippen LogP contribution in [0.15, 0.2) is 42.5 Å². The summed E-state index contributed by atoms with van der Waals surface area (Å²) in [5.74, 6) is -0.986. The van der Waals surface area contributed by atoms with Gasteiger partial charge in [0.05, 0.1) is 17.5 Å². The number of amides is 1. The number of benzene rings is 2. The Labute approximate surface area is 217 Å². The summed E-state index contributed by atoms with van der Waals surface area (Å²) in [6.45, 7) is 0.806. The number of likely N-dealkylation sites (tertiary alicyclic amines) is 1. The van der Waals surface area contributed by atoms with Crippen molar-refractivity contribution in [2.75, 3.05) is 24.7 Å². The number of rotatable bonds is 4. The van der Waals surface area contributed by atoms with Gasteiger partial charge < -0.3 is 9.64 Å². The molecule has 3 aliphatic heterocycles. The maximum absolute atomic E-state index is 14.8. The van der Waals surface area contributed by atoms with E-state index in [0.717, 1.165) is 17.7 Å². The molecule has 0 spiro atoms. The maximum Gasteiger partial charge on any atom is 0.426 e.